The predicted molar refractivity (Wildman–Crippen MR) is 61.7 cm³/mol. The Morgan fingerprint density at radius 3 is 2.27 bits per heavy atom. The number of nitrogens with one attached hydrogen (secondary N) is 1. The first-order valence-electron chi connectivity index (χ1n) is 4.64. The Morgan fingerprint density at radius 1 is 1.27 bits per heavy atom. The van der Waals surface area contributed by atoms with E-state index in [2.05, 4.69) is 5.32 Å². The van der Waals surface area contributed by atoms with Crippen LogP contribution in [0.25, 0.3) is 0 Å². The van der Waals surface area contributed by atoms with Crippen molar-refractivity contribution >= 4 is 12.4 Å². The van der Waals surface area contributed by atoms with Gasteiger partial charge in [0, 0.05) is 12.1 Å². The van der Waals surface area contributed by atoms with Crippen LogP contribution >= 0.6 is 12.4 Å². The van der Waals surface area contributed by atoms with Crippen molar-refractivity contribution in [2.24, 2.45) is 0 Å². The Labute approximate surface area is 95.9 Å². The maximum Gasteiger partial charge on any atom is 0.123 e. The molecule has 0 unspecified atom stereocenters. The summed E-state index contributed by atoms with van der Waals surface area (Å²) in [7, 11) is 0. The molecule has 4 heteroatoms. The summed E-state index contributed by atoms with van der Waals surface area (Å²) in [6.07, 6.45) is 0. The number of hydrogen-bond acceptors (Lipinski definition) is 2. The highest BCUT2D eigenvalue weighted by Gasteiger charge is 2.14. The summed E-state index contributed by atoms with van der Waals surface area (Å²) >= 11 is 0. The first-order chi connectivity index (χ1) is 6.53. The standard InChI is InChI=1S/C11H16FNO.ClH/c1-11(2,8-14)13-7-9-3-5-10(12)6-4-9;/h3-6,13-14H,7-8H2,1-2H3;1H. The van der Waals surface area contributed by atoms with Crippen molar-refractivity contribution in [2.45, 2.75) is 25.9 Å². The molecule has 1 aromatic carbocycles. The second kappa shape index (κ2) is 6.05. The molecule has 0 aromatic heterocycles. The fourth-order valence-corrected chi connectivity index (χ4v) is 0.999. The van der Waals surface area contributed by atoms with Gasteiger partial charge in [-0.3, -0.25) is 0 Å². The molecule has 0 saturated heterocycles. The maximum atomic E-state index is 12.6. The third-order valence-corrected chi connectivity index (χ3v) is 2.08. The highest BCUT2D eigenvalue weighted by atomic mass is 35.5. The molecule has 1 rings (SSSR count). The quantitative estimate of drug-likeness (QED) is 0.835. The first-order valence-corrected chi connectivity index (χ1v) is 4.64. The predicted octanol–water partition coefficient (Wildman–Crippen LogP) is 2.11. The van der Waals surface area contributed by atoms with Gasteiger partial charge in [-0.1, -0.05) is 12.1 Å². The van der Waals surface area contributed by atoms with Gasteiger partial charge < -0.3 is 10.4 Å². The van der Waals surface area contributed by atoms with Gasteiger partial charge in [0.1, 0.15) is 5.82 Å². The van der Waals surface area contributed by atoms with E-state index in [0.29, 0.717) is 6.54 Å². The van der Waals surface area contributed by atoms with Crippen LogP contribution < -0.4 is 5.32 Å². The lowest BCUT2D eigenvalue weighted by atomic mass is 10.1. The zero-order valence-corrected chi connectivity index (χ0v) is 9.77. The van der Waals surface area contributed by atoms with Crippen molar-refractivity contribution in [2.75, 3.05) is 6.61 Å². The number of halogens is 2. The van der Waals surface area contributed by atoms with Crippen LogP contribution in [0.3, 0.4) is 0 Å². The van der Waals surface area contributed by atoms with Gasteiger partial charge >= 0.3 is 0 Å². The molecule has 0 amide bonds. The van der Waals surface area contributed by atoms with E-state index in [1.54, 1.807) is 12.1 Å². The molecule has 0 atom stereocenters. The molecule has 0 aliphatic heterocycles. The van der Waals surface area contributed by atoms with Gasteiger partial charge in [0.05, 0.1) is 6.61 Å². The molecule has 0 aliphatic carbocycles. The topological polar surface area (TPSA) is 32.3 Å². The summed E-state index contributed by atoms with van der Waals surface area (Å²) in [5.74, 6) is -0.227. The van der Waals surface area contributed by atoms with Crippen LogP contribution in [0.4, 0.5) is 4.39 Å². The summed E-state index contributed by atoms with van der Waals surface area (Å²) in [5, 5.41) is 12.2. The fraction of sp³-hybridized carbons (Fsp3) is 0.455. The van der Waals surface area contributed by atoms with Crippen LogP contribution in [-0.4, -0.2) is 17.3 Å². The molecule has 0 saturated carbocycles. The molecule has 0 radical (unpaired) electrons. The summed E-state index contributed by atoms with van der Waals surface area (Å²) in [4.78, 5) is 0. The second-order valence-corrected chi connectivity index (χ2v) is 4.02. The minimum Gasteiger partial charge on any atom is -0.394 e. The van der Waals surface area contributed by atoms with Crippen molar-refractivity contribution in [3.63, 3.8) is 0 Å². The lowest BCUT2D eigenvalue weighted by Gasteiger charge is -2.23. The fourth-order valence-electron chi connectivity index (χ4n) is 0.999. The van der Waals surface area contributed by atoms with Crippen LogP contribution in [0.15, 0.2) is 24.3 Å². The Morgan fingerprint density at radius 2 is 1.80 bits per heavy atom. The van der Waals surface area contributed by atoms with Gasteiger partial charge in [0.2, 0.25) is 0 Å². The zero-order chi connectivity index (χ0) is 10.6. The van der Waals surface area contributed by atoms with Crippen molar-refractivity contribution in [1.29, 1.82) is 0 Å². The van der Waals surface area contributed by atoms with Crippen LogP contribution in [0.2, 0.25) is 0 Å². The Balaban J connectivity index is 0.00000196. The van der Waals surface area contributed by atoms with E-state index in [0.717, 1.165) is 5.56 Å². The number of hydrogen-bond donors (Lipinski definition) is 2. The molecular weight excluding hydrogens is 217 g/mol. The van der Waals surface area contributed by atoms with Gasteiger partial charge in [0.25, 0.3) is 0 Å². The molecular formula is C11H17ClFNO. The summed E-state index contributed by atoms with van der Waals surface area (Å²) in [6.45, 7) is 4.54. The normalized spacial score (nSPS) is 10.9. The molecule has 0 bridgehead atoms. The van der Waals surface area contributed by atoms with Crippen molar-refractivity contribution in [3.8, 4) is 0 Å². The van der Waals surface area contributed by atoms with Crippen LogP contribution in [-0.2, 0) is 6.54 Å². The molecule has 15 heavy (non-hydrogen) atoms. The lowest BCUT2D eigenvalue weighted by Crippen LogP contribution is -2.42. The number of aliphatic hydroxyl groups is 1. The van der Waals surface area contributed by atoms with Crippen LogP contribution in [0.5, 0.6) is 0 Å². The minimum absolute atomic E-state index is 0. The van der Waals surface area contributed by atoms with Crippen molar-refractivity contribution in [1.82, 2.24) is 5.32 Å². The molecule has 1 aromatic rings. The van der Waals surface area contributed by atoms with E-state index in [9.17, 15) is 4.39 Å². The molecule has 2 N–H and O–H groups in total. The van der Waals surface area contributed by atoms with E-state index < -0.39 is 0 Å². The van der Waals surface area contributed by atoms with E-state index in [1.807, 2.05) is 13.8 Å². The SMILES string of the molecule is CC(C)(CO)NCc1ccc(F)cc1.Cl. The highest BCUT2D eigenvalue weighted by molar-refractivity contribution is 5.85. The van der Waals surface area contributed by atoms with Gasteiger partial charge in [-0.15, -0.1) is 12.4 Å². The minimum atomic E-state index is -0.297. The van der Waals surface area contributed by atoms with Crippen LogP contribution in [0.1, 0.15) is 19.4 Å². The number of aliphatic hydroxyl groups excluding tert-OH is 1. The first kappa shape index (κ1) is 14.4. The molecule has 0 spiro atoms. The van der Waals surface area contributed by atoms with Crippen molar-refractivity contribution in [3.05, 3.63) is 35.6 Å². The average molecular weight is 234 g/mol. The number of rotatable bonds is 4. The largest absolute Gasteiger partial charge is 0.394 e. The Bertz CT molecular complexity index is 287. The summed E-state index contributed by atoms with van der Waals surface area (Å²) in [6, 6.07) is 6.33. The van der Waals surface area contributed by atoms with Gasteiger partial charge in [-0.25, -0.2) is 4.39 Å². The average Bonchev–Trinajstić information content (AvgIpc) is 2.17. The van der Waals surface area contributed by atoms with Crippen molar-refractivity contribution < 1.29 is 9.50 Å². The molecule has 0 fully saturated rings. The Hall–Kier alpha value is -0.640. The monoisotopic (exact) mass is 233 g/mol. The van der Waals surface area contributed by atoms with Crippen LogP contribution in [0, 0.1) is 5.82 Å². The smallest absolute Gasteiger partial charge is 0.123 e. The van der Waals surface area contributed by atoms with E-state index in [-0.39, 0.29) is 30.4 Å². The van der Waals surface area contributed by atoms with Gasteiger partial charge in [-0.2, -0.15) is 0 Å². The molecule has 0 heterocycles. The lowest BCUT2D eigenvalue weighted by molar-refractivity contribution is 0.187. The van der Waals surface area contributed by atoms with E-state index >= 15 is 0 Å². The third-order valence-electron chi connectivity index (χ3n) is 2.08. The zero-order valence-electron chi connectivity index (χ0n) is 8.96. The molecule has 86 valence electrons. The second-order valence-electron chi connectivity index (χ2n) is 4.02. The summed E-state index contributed by atoms with van der Waals surface area (Å²) in [5.41, 5.74) is 0.710. The highest BCUT2D eigenvalue weighted by Crippen LogP contribution is 2.05. The van der Waals surface area contributed by atoms with E-state index in [4.69, 9.17) is 5.11 Å². The Kier molecular flexibility index (Phi) is 5.80. The number of benzene rings is 1. The third kappa shape index (κ3) is 5.11. The summed E-state index contributed by atoms with van der Waals surface area (Å²) < 4.78 is 12.6. The van der Waals surface area contributed by atoms with E-state index in [1.165, 1.54) is 12.1 Å². The molecule has 2 nitrogen and oxygen atoms in total. The van der Waals surface area contributed by atoms with Gasteiger partial charge in [0.15, 0.2) is 0 Å². The van der Waals surface area contributed by atoms with Gasteiger partial charge in [-0.05, 0) is 31.5 Å². The maximum absolute atomic E-state index is 12.6. The molecule has 0 aliphatic rings.